The molecule has 2 aromatic rings. The van der Waals surface area contributed by atoms with Crippen LogP contribution >= 0.6 is 0 Å². The molecule has 1 heterocycles. The number of hydrogen-bond donors (Lipinski definition) is 1. The predicted molar refractivity (Wildman–Crippen MR) is 114 cm³/mol. The Morgan fingerprint density at radius 1 is 1.03 bits per heavy atom. The molecule has 0 saturated heterocycles. The second kappa shape index (κ2) is 11.5. The van der Waals surface area contributed by atoms with Crippen molar-refractivity contribution in [2.24, 2.45) is 0 Å². The average molecular weight is 398 g/mol. The molecule has 0 saturated carbocycles. The van der Waals surface area contributed by atoms with E-state index in [1.165, 1.54) is 5.56 Å². The molecule has 0 aliphatic carbocycles. The van der Waals surface area contributed by atoms with Crippen LogP contribution < -0.4 is 19.5 Å². The molecule has 0 bridgehead atoms. The molecule has 0 unspecified atom stereocenters. The third-order valence-electron chi connectivity index (χ3n) is 4.84. The lowest BCUT2D eigenvalue weighted by Crippen LogP contribution is -2.19. The van der Waals surface area contributed by atoms with Crippen LogP contribution in [0.3, 0.4) is 0 Å². The first-order valence-electron chi connectivity index (χ1n) is 10.6. The van der Waals surface area contributed by atoms with Gasteiger partial charge in [-0.1, -0.05) is 37.3 Å². The van der Waals surface area contributed by atoms with Crippen molar-refractivity contribution < 1.29 is 19.0 Å². The zero-order valence-electron chi connectivity index (χ0n) is 17.2. The first-order valence-corrected chi connectivity index (χ1v) is 10.6. The van der Waals surface area contributed by atoms with Crippen molar-refractivity contribution >= 4 is 5.78 Å². The third-order valence-corrected chi connectivity index (χ3v) is 4.84. The van der Waals surface area contributed by atoms with E-state index in [0.29, 0.717) is 49.1 Å². The summed E-state index contributed by atoms with van der Waals surface area (Å²) in [4.78, 5) is 12.9. The number of carbonyl (C=O) groups is 1. The molecular formula is C24H31NO4. The molecule has 0 spiro atoms. The Labute approximate surface area is 173 Å². The van der Waals surface area contributed by atoms with Crippen molar-refractivity contribution in [2.45, 2.75) is 39.0 Å². The molecule has 5 nitrogen and oxygen atoms in total. The summed E-state index contributed by atoms with van der Waals surface area (Å²) in [5.74, 6) is 1.95. The third kappa shape index (κ3) is 6.50. The predicted octanol–water partition coefficient (Wildman–Crippen LogP) is 4.43. The molecule has 0 amide bonds. The van der Waals surface area contributed by atoms with Gasteiger partial charge < -0.3 is 19.5 Å². The van der Waals surface area contributed by atoms with Gasteiger partial charge in [-0.3, -0.25) is 4.79 Å². The Hall–Kier alpha value is -2.53. The molecule has 1 aliphatic rings. The van der Waals surface area contributed by atoms with Crippen LogP contribution in [0.5, 0.6) is 17.2 Å². The summed E-state index contributed by atoms with van der Waals surface area (Å²) >= 11 is 0. The highest BCUT2D eigenvalue weighted by molar-refractivity contribution is 5.99. The van der Waals surface area contributed by atoms with Crippen LogP contribution in [-0.2, 0) is 6.42 Å². The monoisotopic (exact) mass is 397 g/mol. The summed E-state index contributed by atoms with van der Waals surface area (Å²) in [6.45, 7) is 5.62. The number of carbonyl (C=O) groups excluding carboxylic acids is 1. The normalized spacial score (nSPS) is 12.6. The Kier molecular flexibility index (Phi) is 8.38. The van der Waals surface area contributed by atoms with E-state index in [9.17, 15) is 4.79 Å². The van der Waals surface area contributed by atoms with Crippen molar-refractivity contribution in [3.05, 3.63) is 53.6 Å². The minimum Gasteiger partial charge on any atom is -0.493 e. The second-order valence-corrected chi connectivity index (χ2v) is 7.21. The lowest BCUT2D eigenvalue weighted by molar-refractivity contribution is 0.0974. The Morgan fingerprint density at radius 2 is 1.79 bits per heavy atom. The first-order chi connectivity index (χ1) is 14.3. The van der Waals surface area contributed by atoms with Crippen molar-refractivity contribution in [3.63, 3.8) is 0 Å². The second-order valence-electron chi connectivity index (χ2n) is 7.21. The molecular weight excluding hydrogens is 366 g/mol. The molecule has 0 fully saturated rings. The number of hydrogen-bond acceptors (Lipinski definition) is 5. The van der Waals surface area contributed by atoms with E-state index in [1.54, 1.807) is 12.1 Å². The lowest BCUT2D eigenvalue weighted by atomic mass is 10.0. The molecule has 5 heteroatoms. The van der Waals surface area contributed by atoms with Gasteiger partial charge in [0.1, 0.15) is 19.0 Å². The van der Waals surface area contributed by atoms with Gasteiger partial charge in [-0.15, -0.1) is 0 Å². The quantitative estimate of drug-likeness (QED) is 0.424. The van der Waals surface area contributed by atoms with Gasteiger partial charge in [0.25, 0.3) is 0 Å². The van der Waals surface area contributed by atoms with Crippen molar-refractivity contribution in [1.82, 2.24) is 5.32 Å². The maximum absolute atomic E-state index is 12.9. The van der Waals surface area contributed by atoms with Crippen LogP contribution in [-0.4, -0.2) is 38.7 Å². The summed E-state index contributed by atoms with van der Waals surface area (Å²) in [6.07, 6.45) is 4.16. The SMILES string of the molecule is CCCNCCCOc1cc2c(cc1C(=O)CCCc1ccccc1)OCCO2. The average Bonchev–Trinajstić information content (AvgIpc) is 2.76. The largest absolute Gasteiger partial charge is 0.493 e. The van der Waals surface area contributed by atoms with E-state index in [0.717, 1.165) is 38.8 Å². The molecule has 3 rings (SSSR count). The minimum atomic E-state index is 0.0806. The maximum Gasteiger partial charge on any atom is 0.166 e. The highest BCUT2D eigenvalue weighted by Crippen LogP contribution is 2.37. The smallest absolute Gasteiger partial charge is 0.166 e. The zero-order valence-corrected chi connectivity index (χ0v) is 17.2. The molecule has 1 N–H and O–H groups in total. The zero-order chi connectivity index (χ0) is 20.3. The van der Waals surface area contributed by atoms with E-state index in [2.05, 4.69) is 24.4 Å². The molecule has 0 aromatic heterocycles. The van der Waals surface area contributed by atoms with E-state index >= 15 is 0 Å². The van der Waals surface area contributed by atoms with Gasteiger partial charge >= 0.3 is 0 Å². The molecule has 2 aromatic carbocycles. The summed E-state index contributed by atoms with van der Waals surface area (Å²) in [7, 11) is 0. The van der Waals surface area contributed by atoms with Crippen LogP contribution in [0.4, 0.5) is 0 Å². The fourth-order valence-corrected chi connectivity index (χ4v) is 3.32. The van der Waals surface area contributed by atoms with Crippen LogP contribution in [0.15, 0.2) is 42.5 Å². The number of rotatable bonds is 12. The summed E-state index contributed by atoms with van der Waals surface area (Å²) in [6, 6.07) is 13.8. The standard InChI is InChI=1S/C24H31NO4/c1-2-12-25-13-7-14-27-22-18-24-23(28-15-16-29-24)17-20(22)21(26)11-6-10-19-8-4-3-5-9-19/h3-5,8-9,17-18,25H,2,6-7,10-16H2,1H3. The number of benzene rings is 2. The van der Waals surface area contributed by atoms with Gasteiger partial charge in [-0.25, -0.2) is 0 Å². The highest BCUT2D eigenvalue weighted by atomic mass is 16.6. The number of fused-ring (bicyclic) bond motifs is 1. The fraction of sp³-hybridized carbons (Fsp3) is 0.458. The topological polar surface area (TPSA) is 56.8 Å². The van der Waals surface area contributed by atoms with Crippen molar-refractivity contribution in [2.75, 3.05) is 32.9 Å². The van der Waals surface area contributed by atoms with Gasteiger partial charge in [0, 0.05) is 12.5 Å². The lowest BCUT2D eigenvalue weighted by Gasteiger charge is -2.21. The Bertz CT molecular complexity index is 776. The van der Waals surface area contributed by atoms with Gasteiger partial charge in [0.05, 0.1) is 12.2 Å². The van der Waals surface area contributed by atoms with Gasteiger partial charge in [0.2, 0.25) is 0 Å². The van der Waals surface area contributed by atoms with E-state index in [-0.39, 0.29) is 5.78 Å². The number of nitrogens with one attached hydrogen (secondary N) is 1. The molecule has 156 valence electrons. The summed E-state index contributed by atoms with van der Waals surface area (Å²) < 4.78 is 17.3. The van der Waals surface area contributed by atoms with E-state index < -0.39 is 0 Å². The number of ketones is 1. The first kappa shape index (κ1) is 21.2. The summed E-state index contributed by atoms with van der Waals surface area (Å²) in [5.41, 5.74) is 1.84. The number of aryl methyl sites for hydroxylation is 1. The van der Waals surface area contributed by atoms with E-state index in [4.69, 9.17) is 14.2 Å². The number of ether oxygens (including phenoxy) is 3. The Balaban J connectivity index is 1.62. The number of Topliss-reactive ketones (excluding diaryl/α,β-unsaturated/α-hetero) is 1. The summed E-state index contributed by atoms with van der Waals surface area (Å²) in [5, 5.41) is 3.36. The maximum atomic E-state index is 12.9. The van der Waals surface area contributed by atoms with Crippen LogP contribution in [0.2, 0.25) is 0 Å². The van der Waals surface area contributed by atoms with Crippen LogP contribution in [0, 0.1) is 0 Å². The van der Waals surface area contributed by atoms with Crippen LogP contribution in [0.1, 0.15) is 48.5 Å². The molecule has 0 radical (unpaired) electrons. The fourth-order valence-electron chi connectivity index (χ4n) is 3.32. The van der Waals surface area contributed by atoms with Crippen molar-refractivity contribution in [1.29, 1.82) is 0 Å². The Morgan fingerprint density at radius 3 is 2.55 bits per heavy atom. The minimum absolute atomic E-state index is 0.0806. The molecule has 0 atom stereocenters. The van der Waals surface area contributed by atoms with Crippen LogP contribution in [0.25, 0.3) is 0 Å². The van der Waals surface area contributed by atoms with Crippen molar-refractivity contribution in [3.8, 4) is 17.2 Å². The van der Waals surface area contributed by atoms with Gasteiger partial charge in [-0.05, 0) is 50.4 Å². The molecule has 29 heavy (non-hydrogen) atoms. The molecule has 1 aliphatic heterocycles. The van der Waals surface area contributed by atoms with Gasteiger partial charge in [0.15, 0.2) is 17.3 Å². The van der Waals surface area contributed by atoms with E-state index in [1.807, 2.05) is 18.2 Å². The highest BCUT2D eigenvalue weighted by Gasteiger charge is 2.20. The van der Waals surface area contributed by atoms with Gasteiger partial charge in [-0.2, -0.15) is 0 Å².